The van der Waals surface area contributed by atoms with E-state index in [1.54, 1.807) is 18.2 Å². The van der Waals surface area contributed by atoms with E-state index in [9.17, 15) is 39.6 Å². The van der Waals surface area contributed by atoms with Crippen LogP contribution >= 0.6 is 0 Å². The summed E-state index contributed by atoms with van der Waals surface area (Å²) in [5.74, 6) is -7.52. The molecule has 1 aliphatic rings. The summed E-state index contributed by atoms with van der Waals surface area (Å²) < 4.78 is 18.0. The lowest BCUT2D eigenvalue weighted by Gasteiger charge is -2.29. The number of nitrogens with zero attached hydrogens (tertiary/aromatic N) is 1. The van der Waals surface area contributed by atoms with E-state index in [0.29, 0.717) is 36.7 Å². The monoisotopic (exact) mass is 587 g/mol. The highest BCUT2D eigenvalue weighted by molar-refractivity contribution is 5.86. The molecular weight excluding hydrogens is 554 g/mol. The number of likely N-dealkylation sites (N-methyl/N-ethyl adjacent to an activating group) is 1. The number of ether oxygens (including phenoxy) is 3. The molecule has 230 valence electrons. The number of hydrogen-bond acceptors (Lipinski definition) is 13. The van der Waals surface area contributed by atoms with Crippen molar-refractivity contribution in [1.29, 1.82) is 0 Å². The molecule has 0 radical (unpaired) electrons. The van der Waals surface area contributed by atoms with Crippen LogP contribution in [0.4, 0.5) is 0 Å². The molecule has 1 N–H and O–H groups in total. The normalized spacial score (nSPS) is 15.5. The molecule has 0 fully saturated rings. The first-order valence-electron chi connectivity index (χ1n) is 13.2. The van der Waals surface area contributed by atoms with Crippen LogP contribution in [0.1, 0.15) is 44.2 Å². The zero-order chi connectivity index (χ0) is 31.3. The molecule has 0 saturated carbocycles. The van der Waals surface area contributed by atoms with E-state index in [4.69, 9.17) is 19.3 Å². The van der Waals surface area contributed by atoms with Gasteiger partial charge in [0.05, 0.1) is 25.6 Å². The molecule has 0 spiro atoms. The van der Waals surface area contributed by atoms with E-state index in [-0.39, 0.29) is 0 Å². The quantitative estimate of drug-likeness (QED) is 0.196. The second-order valence-corrected chi connectivity index (χ2v) is 9.42. The Kier molecular flexibility index (Phi) is 12.7. The molecule has 1 aliphatic heterocycles. The van der Waals surface area contributed by atoms with Crippen LogP contribution in [0.2, 0.25) is 0 Å². The maximum Gasteiger partial charge on any atom is 0.283 e. The van der Waals surface area contributed by atoms with Crippen LogP contribution < -0.4 is 29.9 Å². The Morgan fingerprint density at radius 3 is 2.00 bits per heavy atom. The van der Waals surface area contributed by atoms with E-state index >= 15 is 0 Å². The molecule has 1 unspecified atom stereocenters. The van der Waals surface area contributed by atoms with Gasteiger partial charge in [0.1, 0.15) is 5.60 Å². The van der Waals surface area contributed by atoms with Gasteiger partial charge in [-0.1, -0.05) is 56.3 Å². The minimum atomic E-state index is -2.97. The van der Waals surface area contributed by atoms with Crippen LogP contribution in [0.3, 0.4) is 0 Å². The van der Waals surface area contributed by atoms with Crippen molar-refractivity contribution in [2.45, 2.75) is 50.9 Å². The van der Waals surface area contributed by atoms with Crippen molar-refractivity contribution >= 4 is 23.9 Å². The Hall–Kier alpha value is -4.20. The van der Waals surface area contributed by atoms with Gasteiger partial charge >= 0.3 is 0 Å². The Morgan fingerprint density at radius 1 is 0.857 bits per heavy atom. The predicted octanol–water partition coefficient (Wildman–Crippen LogP) is -2.90. The molecule has 13 heteroatoms. The Balaban J connectivity index is 0.000000401. The van der Waals surface area contributed by atoms with Gasteiger partial charge in [0, 0.05) is 48.4 Å². The summed E-state index contributed by atoms with van der Waals surface area (Å²) in [7, 11) is 0. The zero-order valence-corrected chi connectivity index (χ0v) is 23.4. The maximum absolute atomic E-state index is 11.4. The second kappa shape index (κ2) is 15.7. The van der Waals surface area contributed by atoms with Gasteiger partial charge in [0.2, 0.25) is 0 Å². The molecular formula is C29H33NO12-4. The second-order valence-electron chi connectivity index (χ2n) is 9.42. The predicted molar refractivity (Wildman–Crippen MR) is 137 cm³/mol. The van der Waals surface area contributed by atoms with Crippen molar-refractivity contribution in [3.63, 3.8) is 0 Å². The number of carbonyl (C=O) groups is 4. The molecule has 0 amide bonds. The summed E-state index contributed by atoms with van der Waals surface area (Å²) in [6, 6.07) is 14.7. The summed E-state index contributed by atoms with van der Waals surface area (Å²) >= 11 is 0. The fourth-order valence-corrected chi connectivity index (χ4v) is 4.19. The minimum Gasteiger partial charge on any atom is -0.550 e. The lowest BCUT2D eigenvalue weighted by Crippen LogP contribution is -2.54. The highest BCUT2D eigenvalue weighted by Gasteiger charge is 2.44. The molecule has 2 aromatic carbocycles. The van der Waals surface area contributed by atoms with Gasteiger partial charge < -0.3 is 63.8 Å². The molecule has 42 heavy (non-hydrogen) atoms. The molecule has 1 atom stereocenters. The first-order valence-corrected chi connectivity index (χ1v) is 13.2. The molecule has 2 aromatic rings. The van der Waals surface area contributed by atoms with E-state index < -0.39 is 54.5 Å². The molecule has 0 aromatic heterocycles. The lowest BCUT2D eigenvalue weighted by atomic mass is 9.96. The molecule has 0 saturated heterocycles. The molecule has 1 heterocycles. The van der Waals surface area contributed by atoms with Gasteiger partial charge in [-0.25, -0.2) is 0 Å². The summed E-state index contributed by atoms with van der Waals surface area (Å²) in [6.07, 6.45) is -2.46. The summed E-state index contributed by atoms with van der Waals surface area (Å²) in [5, 5.41) is 50.3. The van der Waals surface area contributed by atoms with Crippen molar-refractivity contribution in [2.24, 2.45) is 0 Å². The topological polar surface area (TPSA) is 212 Å². The summed E-state index contributed by atoms with van der Waals surface area (Å²) in [6.45, 7) is 8.43. The van der Waals surface area contributed by atoms with Crippen LogP contribution in [-0.4, -0.2) is 72.3 Å². The number of para-hydroxylation sites is 1. The molecule has 13 nitrogen and oxygen atoms in total. The number of fused-ring (bicyclic) bond motifs is 1. The number of carboxylic acids is 4. The number of carbonyl (C=O) groups excluding carboxylic acids is 4. The number of aliphatic hydroxyl groups is 1. The van der Waals surface area contributed by atoms with Crippen molar-refractivity contribution in [3.05, 3.63) is 59.7 Å². The van der Waals surface area contributed by atoms with Gasteiger partial charge in [-0.2, -0.15) is 0 Å². The largest absolute Gasteiger partial charge is 0.550 e. The van der Waals surface area contributed by atoms with Gasteiger partial charge in [-0.05, 0) is 25.6 Å². The Bertz CT molecular complexity index is 1200. The first kappa shape index (κ1) is 34.0. The Morgan fingerprint density at radius 2 is 1.48 bits per heavy atom. The van der Waals surface area contributed by atoms with Crippen molar-refractivity contribution in [2.75, 3.05) is 32.8 Å². The fraction of sp³-hybridized carbons (Fsp3) is 0.448. The lowest BCUT2D eigenvalue weighted by molar-refractivity contribution is -0.339. The van der Waals surface area contributed by atoms with E-state index in [0.717, 1.165) is 25.2 Å². The zero-order valence-electron chi connectivity index (χ0n) is 23.4. The van der Waals surface area contributed by atoms with E-state index in [1.165, 1.54) is 0 Å². The standard InChI is InChI=1S/C23H29NO5.C6H8O7/c1-3-24(4-2)14-16-27-15-13-18-9-8-12-20-22(18)29-23(28-20,17-21(25)26)19-10-6-5-7-11-19;7-3(8)1-6(13,5(11)12)2-4(9)10/h5-12H,3-4,13-17H2,1-2H3,(H,25,26);13H,1-2H2,(H,7,8)(H,9,10)(H,11,12)/p-4. The number of carboxylic acid groups (broad SMARTS) is 4. The third-order valence-electron chi connectivity index (χ3n) is 6.41. The van der Waals surface area contributed by atoms with Crippen LogP contribution in [0.5, 0.6) is 11.5 Å². The van der Waals surface area contributed by atoms with Crippen LogP contribution in [-0.2, 0) is 36.1 Å². The third kappa shape index (κ3) is 9.72. The fourth-order valence-electron chi connectivity index (χ4n) is 4.19. The SMILES string of the molecule is CCN(CC)CCOCCc1cccc2c1OC(CC(=O)[O-])(c1ccccc1)O2.O=C([O-])CC(O)(CC(=O)[O-])C(=O)[O-]. The van der Waals surface area contributed by atoms with Gasteiger partial charge in [-0.15, -0.1) is 0 Å². The van der Waals surface area contributed by atoms with Gasteiger partial charge in [0.15, 0.2) is 11.5 Å². The smallest absolute Gasteiger partial charge is 0.283 e. The van der Waals surface area contributed by atoms with Gasteiger partial charge in [-0.3, -0.25) is 0 Å². The number of rotatable bonds is 16. The number of aliphatic carboxylic acids is 4. The molecule has 0 aliphatic carbocycles. The maximum atomic E-state index is 11.4. The number of hydrogen-bond donors (Lipinski definition) is 1. The third-order valence-corrected chi connectivity index (χ3v) is 6.41. The summed E-state index contributed by atoms with van der Waals surface area (Å²) in [4.78, 5) is 43.7. The van der Waals surface area contributed by atoms with Crippen molar-refractivity contribution in [3.8, 4) is 11.5 Å². The summed E-state index contributed by atoms with van der Waals surface area (Å²) in [5.41, 5.74) is -1.40. The van der Waals surface area contributed by atoms with Crippen molar-refractivity contribution in [1.82, 2.24) is 4.90 Å². The Labute approximate surface area is 242 Å². The minimum absolute atomic E-state index is 0.397. The highest BCUT2D eigenvalue weighted by atomic mass is 16.7. The van der Waals surface area contributed by atoms with Crippen molar-refractivity contribution < 1.29 is 58.9 Å². The highest BCUT2D eigenvalue weighted by Crippen LogP contribution is 2.47. The van der Waals surface area contributed by atoms with E-state index in [2.05, 4.69) is 18.7 Å². The first-order chi connectivity index (χ1) is 19.9. The van der Waals surface area contributed by atoms with E-state index in [1.807, 2.05) is 30.3 Å². The van der Waals surface area contributed by atoms with Gasteiger partial charge in [0.25, 0.3) is 5.79 Å². The van der Waals surface area contributed by atoms with Crippen LogP contribution in [0.15, 0.2) is 48.5 Å². The average Bonchev–Trinajstić information content (AvgIpc) is 3.30. The number of benzene rings is 2. The van der Waals surface area contributed by atoms with Crippen LogP contribution in [0, 0.1) is 0 Å². The van der Waals surface area contributed by atoms with Crippen LogP contribution in [0.25, 0.3) is 0 Å². The average molecular weight is 588 g/mol. The molecule has 0 bridgehead atoms. The molecule has 3 rings (SSSR count).